The molecule has 0 spiro atoms. The molecule has 1 aliphatic rings. The van der Waals surface area contributed by atoms with Gasteiger partial charge in [0.25, 0.3) is 5.91 Å². The third-order valence-corrected chi connectivity index (χ3v) is 6.31. The van der Waals surface area contributed by atoms with E-state index in [-0.39, 0.29) is 5.69 Å². The molecule has 172 valence electrons. The van der Waals surface area contributed by atoms with Crippen LogP contribution in [0.4, 0.5) is 11.4 Å². The van der Waals surface area contributed by atoms with Gasteiger partial charge in [-0.3, -0.25) is 9.78 Å². The van der Waals surface area contributed by atoms with Gasteiger partial charge in [0.05, 0.1) is 6.67 Å². The number of pyridine rings is 1. The van der Waals surface area contributed by atoms with Crippen molar-refractivity contribution in [1.82, 2.24) is 4.98 Å². The van der Waals surface area contributed by atoms with Crippen LogP contribution in [0, 0.1) is 6.92 Å². The van der Waals surface area contributed by atoms with Crippen LogP contribution in [-0.4, -0.2) is 24.6 Å². The highest BCUT2D eigenvalue weighted by molar-refractivity contribution is 5.91. The fourth-order valence-electron chi connectivity index (χ4n) is 4.47. The van der Waals surface area contributed by atoms with Gasteiger partial charge in [0.15, 0.2) is 0 Å². The zero-order valence-corrected chi connectivity index (χ0v) is 19.4. The molecule has 0 unspecified atom stereocenters. The normalized spacial score (nSPS) is 14.0. The smallest absolute Gasteiger partial charge is 0.267 e. The molecule has 0 aliphatic heterocycles. The number of aryl methyl sites for hydroxylation is 1. The number of primary amides is 1. The van der Waals surface area contributed by atoms with Crippen LogP contribution in [0.1, 0.15) is 59.6 Å². The first kappa shape index (κ1) is 22.6. The largest absolute Gasteiger partial charge is 0.457 e. The first-order valence-corrected chi connectivity index (χ1v) is 11.6. The molecule has 0 atom stereocenters. The van der Waals surface area contributed by atoms with Gasteiger partial charge in [-0.25, -0.2) is 0 Å². The van der Waals surface area contributed by atoms with Crippen LogP contribution in [0.3, 0.4) is 0 Å². The van der Waals surface area contributed by atoms with Gasteiger partial charge in [-0.1, -0.05) is 31.4 Å². The number of nitrogens with two attached hydrogens (primary N) is 1. The summed E-state index contributed by atoms with van der Waals surface area (Å²) in [5.41, 5.74) is 10.3. The molecule has 1 aromatic heterocycles. The topological polar surface area (TPSA) is 80.5 Å². The lowest BCUT2D eigenvalue weighted by Crippen LogP contribution is -2.25. The van der Waals surface area contributed by atoms with Gasteiger partial charge >= 0.3 is 0 Å². The minimum absolute atomic E-state index is 0.179. The van der Waals surface area contributed by atoms with E-state index in [1.807, 2.05) is 18.2 Å². The lowest BCUT2D eigenvalue weighted by Gasteiger charge is -2.24. The van der Waals surface area contributed by atoms with Crippen LogP contribution in [0.25, 0.3) is 0 Å². The van der Waals surface area contributed by atoms with Gasteiger partial charge in [-0.05, 0) is 73.2 Å². The third-order valence-electron chi connectivity index (χ3n) is 6.31. The first-order valence-electron chi connectivity index (χ1n) is 11.6. The Labute approximate surface area is 195 Å². The van der Waals surface area contributed by atoms with Gasteiger partial charge in [0.2, 0.25) is 0 Å². The molecule has 6 heteroatoms. The molecular weight excluding hydrogens is 412 g/mol. The quantitative estimate of drug-likeness (QED) is 0.427. The monoisotopic (exact) mass is 444 g/mol. The second-order valence-corrected chi connectivity index (χ2v) is 8.78. The SMILES string of the molecule is Cc1cc(Oc2ccnc(C(N)=O)c2)ccc1N(C)CNc1ccc(C2CCCCC2)cc1. The molecule has 0 saturated heterocycles. The van der Waals surface area contributed by atoms with Crippen molar-refractivity contribution in [2.24, 2.45) is 5.73 Å². The van der Waals surface area contributed by atoms with E-state index >= 15 is 0 Å². The van der Waals surface area contributed by atoms with Crippen LogP contribution in [0.2, 0.25) is 0 Å². The van der Waals surface area contributed by atoms with Crippen molar-refractivity contribution in [2.45, 2.75) is 44.9 Å². The van der Waals surface area contributed by atoms with Crippen molar-refractivity contribution < 1.29 is 9.53 Å². The number of ether oxygens (including phenoxy) is 1. The number of aromatic nitrogens is 1. The van der Waals surface area contributed by atoms with E-state index in [4.69, 9.17) is 10.5 Å². The molecule has 0 radical (unpaired) electrons. The molecule has 3 N–H and O–H groups in total. The number of benzene rings is 2. The fourth-order valence-corrected chi connectivity index (χ4v) is 4.47. The zero-order chi connectivity index (χ0) is 23.2. The van der Waals surface area contributed by atoms with Crippen LogP contribution in [-0.2, 0) is 0 Å². The van der Waals surface area contributed by atoms with Crippen LogP contribution in [0.15, 0.2) is 60.8 Å². The maximum atomic E-state index is 11.3. The van der Waals surface area contributed by atoms with E-state index < -0.39 is 5.91 Å². The minimum Gasteiger partial charge on any atom is -0.457 e. The Balaban J connectivity index is 1.35. The molecule has 2 aromatic carbocycles. The molecule has 33 heavy (non-hydrogen) atoms. The van der Waals surface area contributed by atoms with Crippen molar-refractivity contribution in [3.05, 3.63) is 77.6 Å². The maximum Gasteiger partial charge on any atom is 0.267 e. The highest BCUT2D eigenvalue weighted by atomic mass is 16.5. The Morgan fingerprint density at radius 2 is 1.79 bits per heavy atom. The number of hydrogen-bond donors (Lipinski definition) is 2. The second-order valence-electron chi connectivity index (χ2n) is 8.78. The Morgan fingerprint density at radius 3 is 2.48 bits per heavy atom. The average Bonchev–Trinajstić information content (AvgIpc) is 2.84. The van der Waals surface area contributed by atoms with Gasteiger partial charge in [-0.15, -0.1) is 0 Å². The summed E-state index contributed by atoms with van der Waals surface area (Å²) in [4.78, 5) is 17.4. The summed E-state index contributed by atoms with van der Waals surface area (Å²) in [5, 5.41) is 3.52. The molecule has 0 bridgehead atoms. The number of rotatable bonds is 8. The number of anilines is 2. The Kier molecular flexibility index (Phi) is 7.13. The predicted molar refractivity (Wildman–Crippen MR) is 133 cm³/mol. The number of carbonyl (C=O) groups excluding carboxylic acids is 1. The van der Waals surface area contributed by atoms with Crippen LogP contribution >= 0.6 is 0 Å². The molecule has 1 aliphatic carbocycles. The van der Waals surface area contributed by atoms with E-state index in [9.17, 15) is 4.79 Å². The molecular formula is C27H32N4O2. The van der Waals surface area contributed by atoms with Gasteiger partial charge < -0.3 is 20.7 Å². The van der Waals surface area contributed by atoms with Crippen molar-refractivity contribution in [3.8, 4) is 11.5 Å². The highest BCUT2D eigenvalue weighted by Gasteiger charge is 2.15. The van der Waals surface area contributed by atoms with Crippen molar-refractivity contribution in [1.29, 1.82) is 0 Å². The van der Waals surface area contributed by atoms with Crippen LogP contribution < -0.4 is 20.7 Å². The number of hydrogen-bond acceptors (Lipinski definition) is 5. The summed E-state index contributed by atoms with van der Waals surface area (Å²) in [7, 11) is 2.06. The van der Waals surface area contributed by atoms with Gasteiger partial charge in [0, 0.05) is 30.7 Å². The number of nitrogens with zero attached hydrogens (tertiary/aromatic N) is 2. The van der Waals surface area contributed by atoms with E-state index in [2.05, 4.69) is 53.4 Å². The minimum atomic E-state index is -0.579. The maximum absolute atomic E-state index is 11.3. The van der Waals surface area contributed by atoms with Crippen molar-refractivity contribution >= 4 is 17.3 Å². The van der Waals surface area contributed by atoms with E-state index in [1.165, 1.54) is 43.9 Å². The molecule has 4 rings (SSSR count). The van der Waals surface area contributed by atoms with E-state index in [0.29, 0.717) is 18.2 Å². The summed E-state index contributed by atoms with van der Waals surface area (Å²) in [6.45, 7) is 2.75. The molecule has 6 nitrogen and oxygen atoms in total. The molecule has 1 heterocycles. The van der Waals surface area contributed by atoms with Crippen LogP contribution in [0.5, 0.6) is 11.5 Å². The average molecular weight is 445 g/mol. The fraction of sp³-hybridized carbons (Fsp3) is 0.333. The zero-order valence-electron chi connectivity index (χ0n) is 19.4. The van der Waals surface area contributed by atoms with E-state index in [0.717, 1.165) is 22.9 Å². The predicted octanol–water partition coefficient (Wildman–Crippen LogP) is 5.83. The molecule has 3 aromatic rings. The lowest BCUT2D eigenvalue weighted by molar-refractivity contribution is 0.0995. The lowest BCUT2D eigenvalue weighted by atomic mass is 9.84. The summed E-state index contributed by atoms with van der Waals surface area (Å²) in [6.07, 6.45) is 8.25. The first-order chi connectivity index (χ1) is 16.0. The number of amides is 1. The third kappa shape index (κ3) is 5.83. The molecule has 1 saturated carbocycles. The highest BCUT2D eigenvalue weighted by Crippen LogP contribution is 2.33. The number of nitrogens with one attached hydrogen (secondary N) is 1. The second kappa shape index (κ2) is 10.4. The van der Waals surface area contributed by atoms with E-state index in [1.54, 1.807) is 12.1 Å². The Morgan fingerprint density at radius 1 is 1.06 bits per heavy atom. The van der Waals surface area contributed by atoms with Crippen molar-refractivity contribution in [2.75, 3.05) is 23.9 Å². The Bertz CT molecular complexity index is 1090. The van der Waals surface area contributed by atoms with Gasteiger partial charge in [-0.2, -0.15) is 0 Å². The Hall–Kier alpha value is -3.54. The summed E-state index contributed by atoms with van der Waals surface area (Å²) >= 11 is 0. The molecule has 1 fully saturated rings. The summed E-state index contributed by atoms with van der Waals surface area (Å²) in [5.74, 6) is 1.37. The summed E-state index contributed by atoms with van der Waals surface area (Å²) in [6, 6.07) is 18.1. The standard InChI is InChI=1S/C27H32N4O2/c1-19-16-23(33-24-14-15-29-25(17-24)27(28)32)12-13-26(19)31(2)18-30-22-10-8-21(9-11-22)20-6-4-3-5-7-20/h8-17,20,30H,3-7,18H2,1-2H3,(H2,28,32). The number of carbonyl (C=O) groups is 1. The van der Waals surface area contributed by atoms with Gasteiger partial charge in [0.1, 0.15) is 17.2 Å². The van der Waals surface area contributed by atoms with Crippen molar-refractivity contribution in [3.63, 3.8) is 0 Å². The summed E-state index contributed by atoms with van der Waals surface area (Å²) < 4.78 is 5.89. The molecule has 1 amide bonds.